The molecule has 0 radical (unpaired) electrons. The van der Waals surface area contributed by atoms with Gasteiger partial charge < -0.3 is 0 Å². The van der Waals surface area contributed by atoms with Gasteiger partial charge in [-0.15, -0.1) is 0 Å². The fraction of sp³-hybridized carbons (Fsp3) is 0.750. The molecular formula is C20H28O. The van der Waals surface area contributed by atoms with E-state index >= 15 is 0 Å². The molecule has 0 bridgehead atoms. The molecule has 0 aliphatic heterocycles. The molecule has 1 nitrogen and oxygen atoms in total. The average molecular weight is 284 g/mol. The van der Waals surface area contributed by atoms with E-state index in [0.29, 0.717) is 11.2 Å². The molecule has 0 aromatic heterocycles. The molecule has 0 aromatic carbocycles. The summed E-state index contributed by atoms with van der Waals surface area (Å²) in [4.78, 5) is 11.8. The van der Waals surface area contributed by atoms with Gasteiger partial charge in [0.2, 0.25) is 0 Å². The molecule has 0 saturated heterocycles. The van der Waals surface area contributed by atoms with Crippen LogP contribution in [0.4, 0.5) is 0 Å². The quantitative estimate of drug-likeness (QED) is 0.576. The molecule has 114 valence electrons. The molecule has 0 heterocycles. The van der Waals surface area contributed by atoms with Crippen LogP contribution in [0, 0.1) is 35.0 Å². The molecule has 4 aliphatic carbocycles. The number of hydrogen-bond acceptors (Lipinski definition) is 1. The maximum Gasteiger partial charge on any atom is 0.155 e. The van der Waals surface area contributed by atoms with Crippen molar-refractivity contribution in [3.8, 4) is 0 Å². The van der Waals surface area contributed by atoms with Crippen LogP contribution in [0.5, 0.6) is 0 Å². The van der Waals surface area contributed by atoms with Crippen molar-refractivity contribution in [3.05, 3.63) is 23.8 Å². The molecule has 21 heavy (non-hydrogen) atoms. The Balaban J connectivity index is 1.69. The molecule has 0 unspecified atom stereocenters. The van der Waals surface area contributed by atoms with Crippen molar-refractivity contribution in [3.63, 3.8) is 0 Å². The van der Waals surface area contributed by atoms with E-state index in [9.17, 15) is 4.79 Å². The first-order valence-electron chi connectivity index (χ1n) is 8.88. The molecule has 4 rings (SSSR count). The van der Waals surface area contributed by atoms with Gasteiger partial charge in [-0.2, -0.15) is 0 Å². The number of rotatable bonds is 0. The number of carbonyl (C=O) groups excluding carboxylic acids is 1. The summed E-state index contributed by atoms with van der Waals surface area (Å²) >= 11 is 0. The van der Waals surface area contributed by atoms with Gasteiger partial charge >= 0.3 is 0 Å². The maximum atomic E-state index is 11.8. The molecular weight excluding hydrogens is 256 g/mol. The Hall–Kier alpha value is -0.850. The van der Waals surface area contributed by atoms with Gasteiger partial charge in [0.05, 0.1) is 0 Å². The van der Waals surface area contributed by atoms with E-state index in [-0.39, 0.29) is 0 Å². The smallest absolute Gasteiger partial charge is 0.155 e. The van der Waals surface area contributed by atoms with E-state index in [1.54, 1.807) is 0 Å². The van der Waals surface area contributed by atoms with Gasteiger partial charge in [-0.3, -0.25) is 4.79 Å². The van der Waals surface area contributed by atoms with Gasteiger partial charge in [-0.05, 0) is 79.6 Å². The minimum Gasteiger partial charge on any atom is -0.295 e. The summed E-state index contributed by atoms with van der Waals surface area (Å²) in [7, 11) is 0. The second kappa shape index (κ2) is 4.57. The van der Waals surface area contributed by atoms with Crippen molar-refractivity contribution < 1.29 is 4.79 Å². The number of ketones is 1. The molecule has 3 fully saturated rings. The standard InChI is InChI=1S/C20H28O/c1-12-8-18-19-13(2)9-14-10-15(21)4-5-16(14)17(19)6-7-20(18,3)11-12/h10,13,16-19H,1,4-9,11H2,2-3H3/t13-,16+,17-,18+,19-,20-/m1/s1. The van der Waals surface area contributed by atoms with Crippen LogP contribution in [0.1, 0.15) is 58.8 Å². The highest BCUT2D eigenvalue weighted by atomic mass is 16.1. The van der Waals surface area contributed by atoms with E-state index < -0.39 is 0 Å². The van der Waals surface area contributed by atoms with Crippen LogP contribution in [0.2, 0.25) is 0 Å². The number of fused-ring (bicyclic) bond motifs is 5. The van der Waals surface area contributed by atoms with Crippen LogP contribution in [0.15, 0.2) is 23.8 Å². The van der Waals surface area contributed by atoms with Crippen molar-refractivity contribution in [2.75, 3.05) is 0 Å². The Bertz CT molecular complexity index is 528. The third-order valence-corrected chi connectivity index (χ3v) is 7.32. The van der Waals surface area contributed by atoms with Crippen LogP contribution >= 0.6 is 0 Å². The lowest BCUT2D eigenvalue weighted by atomic mass is 9.50. The predicted octanol–water partition coefficient (Wildman–Crippen LogP) is 4.93. The highest BCUT2D eigenvalue weighted by Gasteiger charge is 2.55. The number of carbonyl (C=O) groups is 1. The van der Waals surface area contributed by atoms with Gasteiger partial charge in [-0.25, -0.2) is 0 Å². The Morgan fingerprint density at radius 1 is 1.29 bits per heavy atom. The highest BCUT2D eigenvalue weighted by molar-refractivity contribution is 5.91. The molecule has 0 amide bonds. The Kier molecular flexibility index (Phi) is 3.00. The summed E-state index contributed by atoms with van der Waals surface area (Å²) in [5.74, 6) is 4.43. The lowest BCUT2D eigenvalue weighted by Crippen LogP contribution is -2.47. The summed E-state index contributed by atoms with van der Waals surface area (Å²) in [6.45, 7) is 9.29. The normalized spacial score (nSPS) is 49.2. The minimum atomic E-state index is 0.377. The minimum absolute atomic E-state index is 0.377. The molecule has 4 aliphatic rings. The van der Waals surface area contributed by atoms with Crippen molar-refractivity contribution >= 4 is 5.78 Å². The SMILES string of the molecule is C=C1C[C@H]2[C@H]3[C@H](CC[C@]2(C)C1)[C@H]1CCC(=O)C=C1C[C@H]3C. The third kappa shape index (κ3) is 1.99. The van der Waals surface area contributed by atoms with Crippen molar-refractivity contribution in [1.29, 1.82) is 0 Å². The first kappa shape index (κ1) is 13.8. The monoisotopic (exact) mass is 284 g/mol. The summed E-state index contributed by atoms with van der Waals surface area (Å²) < 4.78 is 0. The van der Waals surface area contributed by atoms with Crippen LogP contribution in [0.25, 0.3) is 0 Å². The summed E-state index contributed by atoms with van der Waals surface area (Å²) in [6, 6.07) is 0. The topological polar surface area (TPSA) is 17.1 Å². The molecule has 0 N–H and O–H groups in total. The zero-order valence-electron chi connectivity index (χ0n) is 13.5. The number of hydrogen-bond donors (Lipinski definition) is 0. The number of allylic oxidation sites excluding steroid dienone is 2. The lowest BCUT2D eigenvalue weighted by molar-refractivity contribution is -0.116. The fourth-order valence-corrected chi connectivity index (χ4v) is 6.56. The fourth-order valence-electron chi connectivity index (χ4n) is 6.56. The zero-order valence-corrected chi connectivity index (χ0v) is 13.5. The first-order chi connectivity index (χ1) is 9.98. The second-order valence-electron chi connectivity index (χ2n) is 8.68. The third-order valence-electron chi connectivity index (χ3n) is 7.32. The molecule has 3 saturated carbocycles. The van der Waals surface area contributed by atoms with Crippen molar-refractivity contribution in [2.24, 2.45) is 35.0 Å². The highest BCUT2D eigenvalue weighted by Crippen LogP contribution is 2.63. The molecule has 0 spiro atoms. The van der Waals surface area contributed by atoms with Gasteiger partial charge in [0.15, 0.2) is 5.78 Å². The Morgan fingerprint density at radius 3 is 2.90 bits per heavy atom. The zero-order chi connectivity index (χ0) is 14.8. The van der Waals surface area contributed by atoms with Crippen molar-refractivity contribution in [2.45, 2.75) is 58.8 Å². The van der Waals surface area contributed by atoms with Crippen LogP contribution in [0.3, 0.4) is 0 Å². The van der Waals surface area contributed by atoms with E-state index in [1.165, 1.54) is 43.3 Å². The Labute approximate surface area is 128 Å². The average Bonchev–Trinajstić information content (AvgIpc) is 2.72. The molecule has 6 atom stereocenters. The largest absolute Gasteiger partial charge is 0.295 e. The molecule has 0 aromatic rings. The maximum absolute atomic E-state index is 11.8. The summed E-state index contributed by atoms with van der Waals surface area (Å²) in [6.07, 6.45) is 10.4. The summed E-state index contributed by atoms with van der Waals surface area (Å²) in [5.41, 5.74) is 3.52. The van der Waals surface area contributed by atoms with E-state index in [1.807, 2.05) is 6.08 Å². The molecule has 1 heteroatoms. The van der Waals surface area contributed by atoms with Crippen LogP contribution in [-0.4, -0.2) is 5.78 Å². The van der Waals surface area contributed by atoms with Gasteiger partial charge in [0.1, 0.15) is 0 Å². The van der Waals surface area contributed by atoms with Crippen LogP contribution in [-0.2, 0) is 4.79 Å². The van der Waals surface area contributed by atoms with Crippen molar-refractivity contribution in [1.82, 2.24) is 0 Å². The lowest BCUT2D eigenvalue weighted by Gasteiger charge is -2.55. The van der Waals surface area contributed by atoms with Crippen LogP contribution < -0.4 is 0 Å². The van der Waals surface area contributed by atoms with E-state index in [2.05, 4.69) is 20.4 Å². The van der Waals surface area contributed by atoms with E-state index in [0.717, 1.165) is 42.4 Å². The Morgan fingerprint density at radius 2 is 2.10 bits per heavy atom. The first-order valence-corrected chi connectivity index (χ1v) is 8.88. The van der Waals surface area contributed by atoms with E-state index in [4.69, 9.17) is 0 Å². The van der Waals surface area contributed by atoms with Gasteiger partial charge in [0.25, 0.3) is 0 Å². The van der Waals surface area contributed by atoms with Gasteiger partial charge in [0, 0.05) is 6.42 Å². The van der Waals surface area contributed by atoms with Gasteiger partial charge in [-0.1, -0.05) is 31.6 Å². The second-order valence-corrected chi connectivity index (χ2v) is 8.68. The summed E-state index contributed by atoms with van der Waals surface area (Å²) in [5, 5.41) is 0. The predicted molar refractivity (Wildman–Crippen MR) is 85.8 cm³/mol.